The van der Waals surface area contributed by atoms with Crippen LogP contribution in [0, 0.1) is 11.3 Å². The molecule has 8 heteroatoms. The van der Waals surface area contributed by atoms with E-state index in [0.29, 0.717) is 27.7 Å². The molecular formula is C23H25ClN2O4S. The number of carbonyl (C=O) groups excluding carboxylic acids is 1. The summed E-state index contributed by atoms with van der Waals surface area (Å²) < 4.78 is 23.7. The maximum absolute atomic E-state index is 12.6. The Morgan fingerprint density at radius 1 is 1.26 bits per heavy atom. The van der Waals surface area contributed by atoms with E-state index in [9.17, 15) is 9.00 Å². The van der Waals surface area contributed by atoms with E-state index in [1.807, 2.05) is 12.1 Å². The molecule has 3 aromatic rings. The standard InChI is InChI=1S/C23H25ClN2O4S/c1-2-23(12-20-26-17-9-15(24)5-6-18(17)29-20)10-16(11-23)25-22(27)19-7-8-21(30-19)31(28)13-14-3-4-14/h5-9,14,16H,2-4,10-13H2,1H3,(H,25,27)/t16?,23?,31-/m1/s1. The number of halogens is 1. The van der Waals surface area contributed by atoms with Crippen LogP contribution in [0.5, 0.6) is 0 Å². The van der Waals surface area contributed by atoms with E-state index >= 15 is 0 Å². The number of rotatable bonds is 8. The molecule has 2 aliphatic carbocycles. The highest BCUT2D eigenvalue weighted by molar-refractivity contribution is 7.84. The summed E-state index contributed by atoms with van der Waals surface area (Å²) in [6.07, 6.45) is 5.69. The molecule has 1 N–H and O–H groups in total. The van der Waals surface area contributed by atoms with Crippen molar-refractivity contribution in [3.05, 3.63) is 47.0 Å². The largest absolute Gasteiger partial charge is 0.442 e. The van der Waals surface area contributed by atoms with Gasteiger partial charge in [0.1, 0.15) is 5.52 Å². The number of fused-ring (bicyclic) bond motifs is 1. The topological polar surface area (TPSA) is 85.3 Å². The Morgan fingerprint density at radius 3 is 2.81 bits per heavy atom. The predicted molar refractivity (Wildman–Crippen MR) is 119 cm³/mol. The van der Waals surface area contributed by atoms with Crippen LogP contribution in [0.1, 0.15) is 55.5 Å². The Kier molecular flexibility index (Phi) is 5.42. The summed E-state index contributed by atoms with van der Waals surface area (Å²) in [4.78, 5) is 17.2. The van der Waals surface area contributed by atoms with Gasteiger partial charge < -0.3 is 14.2 Å². The zero-order valence-corrected chi connectivity index (χ0v) is 18.9. The number of aromatic nitrogens is 1. The first-order valence-corrected chi connectivity index (χ1v) is 12.5. The first-order chi connectivity index (χ1) is 14.9. The van der Waals surface area contributed by atoms with Crippen LogP contribution in [0.25, 0.3) is 11.1 Å². The van der Waals surface area contributed by atoms with E-state index in [2.05, 4.69) is 17.2 Å². The maximum Gasteiger partial charge on any atom is 0.287 e. The van der Waals surface area contributed by atoms with Crippen LogP contribution in [-0.2, 0) is 17.2 Å². The highest BCUT2D eigenvalue weighted by Gasteiger charge is 2.44. The number of nitrogens with zero attached hydrogens (tertiary/aromatic N) is 1. The quantitative estimate of drug-likeness (QED) is 0.504. The number of benzene rings is 1. The van der Waals surface area contributed by atoms with E-state index in [0.717, 1.165) is 49.6 Å². The predicted octanol–water partition coefficient (Wildman–Crippen LogP) is 5.12. The molecule has 1 atom stereocenters. The molecule has 2 heterocycles. The lowest BCUT2D eigenvalue weighted by Gasteiger charge is -2.47. The molecule has 6 nitrogen and oxygen atoms in total. The molecule has 0 radical (unpaired) electrons. The molecule has 1 amide bonds. The van der Waals surface area contributed by atoms with Crippen molar-refractivity contribution in [3.63, 3.8) is 0 Å². The number of amides is 1. The fraction of sp³-hybridized carbons (Fsp3) is 0.478. The summed E-state index contributed by atoms with van der Waals surface area (Å²) >= 11 is 6.04. The molecule has 31 heavy (non-hydrogen) atoms. The van der Waals surface area contributed by atoms with E-state index in [4.69, 9.17) is 20.4 Å². The lowest BCUT2D eigenvalue weighted by Crippen LogP contribution is -2.51. The van der Waals surface area contributed by atoms with Crippen molar-refractivity contribution in [1.29, 1.82) is 0 Å². The van der Waals surface area contributed by atoms with Crippen LogP contribution in [0.2, 0.25) is 5.02 Å². The summed E-state index contributed by atoms with van der Waals surface area (Å²) in [6.45, 7) is 2.16. The van der Waals surface area contributed by atoms with E-state index in [-0.39, 0.29) is 23.1 Å². The summed E-state index contributed by atoms with van der Waals surface area (Å²) in [5, 5.41) is 4.08. The van der Waals surface area contributed by atoms with Crippen molar-refractivity contribution in [2.24, 2.45) is 11.3 Å². The van der Waals surface area contributed by atoms with Crippen molar-refractivity contribution in [1.82, 2.24) is 10.3 Å². The molecule has 2 aromatic heterocycles. The van der Waals surface area contributed by atoms with Gasteiger partial charge in [0.15, 0.2) is 22.3 Å². The molecule has 0 aliphatic heterocycles. The number of hydrogen-bond donors (Lipinski definition) is 1. The Balaban J connectivity index is 1.18. The summed E-state index contributed by atoms with van der Waals surface area (Å²) in [6, 6.07) is 8.80. The van der Waals surface area contributed by atoms with E-state index < -0.39 is 10.8 Å². The molecule has 0 saturated heterocycles. The van der Waals surface area contributed by atoms with Crippen LogP contribution < -0.4 is 5.32 Å². The highest BCUT2D eigenvalue weighted by Crippen LogP contribution is 2.47. The van der Waals surface area contributed by atoms with Crippen LogP contribution >= 0.6 is 11.6 Å². The van der Waals surface area contributed by atoms with Crippen LogP contribution in [-0.4, -0.2) is 26.9 Å². The summed E-state index contributed by atoms with van der Waals surface area (Å²) in [5.41, 5.74) is 1.57. The van der Waals surface area contributed by atoms with Gasteiger partial charge >= 0.3 is 0 Å². The number of carbonyl (C=O) groups is 1. The van der Waals surface area contributed by atoms with Gasteiger partial charge in [-0.2, -0.15) is 0 Å². The minimum absolute atomic E-state index is 0.0582. The Bertz CT molecular complexity index is 1140. The van der Waals surface area contributed by atoms with Crippen LogP contribution in [0.4, 0.5) is 0 Å². The average Bonchev–Trinajstić information content (AvgIpc) is 3.24. The second-order valence-electron chi connectivity index (χ2n) is 8.90. The smallest absolute Gasteiger partial charge is 0.287 e. The summed E-state index contributed by atoms with van der Waals surface area (Å²) in [7, 11) is -1.16. The van der Waals surface area contributed by atoms with Crippen molar-refractivity contribution < 1.29 is 17.8 Å². The van der Waals surface area contributed by atoms with Gasteiger partial charge in [0.25, 0.3) is 5.91 Å². The second-order valence-corrected chi connectivity index (χ2v) is 10.8. The average molecular weight is 461 g/mol. The minimum atomic E-state index is -1.16. The van der Waals surface area contributed by atoms with Gasteiger partial charge in [0, 0.05) is 23.2 Å². The zero-order chi connectivity index (χ0) is 21.6. The van der Waals surface area contributed by atoms with Gasteiger partial charge in [-0.15, -0.1) is 0 Å². The van der Waals surface area contributed by atoms with Gasteiger partial charge in [-0.3, -0.25) is 9.00 Å². The molecule has 0 unspecified atom stereocenters. The van der Waals surface area contributed by atoms with Gasteiger partial charge in [0.05, 0.1) is 10.8 Å². The third-order valence-electron chi connectivity index (χ3n) is 6.48. The number of hydrogen-bond acceptors (Lipinski definition) is 5. The first-order valence-electron chi connectivity index (χ1n) is 10.8. The fourth-order valence-corrected chi connectivity index (χ4v) is 5.89. The number of oxazole rings is 1. The SMILES string of the molecule is CCC1(Cc2nc3cc(Cl)ccc3o2)CC(NC(=O)c2ccc([S@](=O)CC3CC3)o2)C1. The lowest BCUT2D eigenvalue weighted by molar-refractivity contribution is 0.0575. The third kappa shape index (κ3) is 4.44. The van der Waals surface area contributed by atoms with Crippen molar-refractivity contribution >= 4 is 39.4 Å². The molecule has 0 bridgehead atoms. The van der Waals surface area contributed by atoms with E-state index in [1.54, 1.807) is 18.2 Å². The monoisotopic (exact) mass is 460 g/mol. The molecule has 5 rings (SSSR count). The lowest BCUT2D eigenvalue weighted by atomic mass is 9.62. The molecule has 164 valence electrons. The van der Waals surface area contributed by atoms with Gasteiger partial charge in [-0.05, 0) is 73.8 Å². The normalized spacial score (nSPS) is 24.1. The maximum atomic E-state index is 12.6. The molecule has 0 spiro atoms. The fourth-order valence-electron chi connectivity index (χ4n) is 4.39. The molecule has 1 aromatic carbocycles. The van der Waals surface area contributed by atoms with Crippen molar-refractivity contribution in [2.45, 2.75) is 56.6 Å². The zero-order valence-electron chi connectivity index (χ0n) is 17.4. The highest BCUT2D eigenvalue weighted by atomic mass is 35.5. The Morgan fingerprint density at radius 2 is 2.06 bits per heavy atom. The number of nitrogens with one attached hydrogen (secondary N) is 1. The van der Waals surface area contributed by atoms with Gasteiger partial charge in [-0.25, -0.2) is 4.98 Å². The third-order valence-corrected chi connectivity index (χ3v) is 8.16. The van der Waals surface area contributed by atoms with Crippen LogP contribution in [0.3, 0.4) is 0 Å². The summed E-state index contributed by atoms with van der Waals surface area (Å²) in [5.74, 6) is 1.85. The molecule has 2 fully saturated rings. The molecular weight excluding hydrogens is 436 g/mol. The number of furan rings is 1. The van der Waals surface area contributed by atoms with Gasteiger partial charge in [0.2, 0.25) is 0 Å². The molecule has 2 saturated carbocycles. The van der Waals surface area contributed by atoms with Crippen molar-refractivity contribution in [3.8, 4) is 0 Å². The Hall–Kier alpha value is -2.12. The first kappa shape index (κ1) is 20.8. The second kappa shape index (κ2) is 8.10. The van der Waals surface area contributed by atoms with Crippen molar-refractivity contribution in [2.75, 3.05) is 5.75 Å². The van der Waals surface area contributed by atoms with Crippen LogP contribution in [0.15, 0.2) is 44.3 Å². The van der Waals surface area contributed by atoms with E-state index in [1.165, 1.54) is 0 Å². The Labute approximate surface area is 188 Å². The van der Waals surface area contributed by atoms with Gasteiger partial charge in [-0.1, -0.05) is 18.5 Å². The molecule has 2 aliphatic rings. The minimum Gasteiger partial charge on any atom is -0.442 e.